The van der Waals surface area contributed by atoms with E-state index in [1.807, 2.05) is 6.92 Å². The lowest BCUT2D eigenvalue weighted by Gasteiger charge is -2.21. The highest BCUT2D eigenvalue weighted by atomic mass is 19.1. The second kappa shape index (κ2) is 7.47. The molecule has 6 heteroatoms. The summed E-state index contributed by atoms with van der Waals surface area (Å²) < 4.78 is 18.8. The lowest BCUT2D eigenvalue weighted by atomic mass is 10.1. The lowest BCUT2D eigenvalue weighted by molar-refractivity contribution is -0.135. The second-order valence-corrected chi connectivity index (χ2v) is 6.05. The molecule has 5 nitrogen and oxygen atoms in total. The Balaban J connectivity index is 1.92. The van der Waals surface area contributed by atoms with Gasteiger partial charge >= 0.3 is 0 Å². The number of hydrogen-bond acceptors (Lipinski definition) is 4. The maximum Gasteiger partial charge on any atom is 0.270 e. The number of para-hydroxylation sites is 1. The zero-order valence-corrected chi connectivity index (χ0v) is 14.3. The molecule has 0 unspecified atom stereocenters. The van der Waals surface area contributed by atoms with Gasteiger partial charge in [-0.3, -0.25) is 19.3 Å². The molecule has 0 fully saturated rings. The fraction of sp³-hybridized carbons (Fsp3) is 0.250. The van der Waals surface area contributed by atoms with Crippen molar-refractivity contribution in [1.29, 1.82) is 0 Å². The fourth-order valence-corrected chi connectivity index (χ4v) is 2.83. The van der Waals surface area contributed by atoms with Crippen LogP contribution < -0.4 is 4.74 Å². The van der Waals surface area contributed by atoms with Crippen molar-refractivity contribution in [2.45, 2.75) is 25.9 Å². The number of hydrogen-bond donors (Lipinski definition) is 0. The molecule has 1 heterocycles. The molecular weight excluding hydrogens is 337 g/mol. The van der Waals surface area contributed by atoms with Gasteiger partial charge in [0.25, 0.3) is 11.8 Å². The van der Waals surface area contributed by atoms with E-state index in [-0.39, 0.29) is 11.1 Å². The molecule has 2 aromatic rings. The molecule has 134 valence electrons. The predicted molar refractivity (Wildman–Crippen MR) is 92.5 cm³/mol. The number of Topliss-reactive ketones (excluding diaryl/α,β-unsaturated/α-hetero) is 1. The van der Waals surface area contributed by atoms with Crippen molar-refractivity contribution in [3.63, 3.8) is 0 Å². The predicted octanol–water partition coefficient (Wildman–Crippen LogP) is 3.24. The number of benzene rings is 2. The van der Waals surface area contributed by atoms with Gasteiger partial charge in [-0.15, -0.1) is 0 Å². The first kappa shape index (κ1) is 17.8. The maximum absolute atomic E-state index is 13.0. The van der Waals surface area contributed by atoms with Crippen LogP contribution in [0.1, 0.15) is 40.5 Å². The SMILES string of the molecule is CCC[C@H]1Oc2ccccc2C(=O)N(CC(=O)c2ccc(F)cc2)C1=O. The van der Waals surface area contributed by atoms with Crippen LogP contribution >= 0.6 is 0 Å². The standard InChI is InChI=1S/C20H18FNO4/c1-2-5-18-20(25)22(12-16(23)13-8-10-14(21)11-9-13)19(24)15-6-3-4-7-17(15)26-18/h3-4,6-11,18H,2,5,12H2,1H3/t18-/m1/s1. The zero-order valence-electron chi connectivity index (χ0n) is 14.3. The van der Waals surface area contributed by atoms with Crippen molar-refractivity contribution in [1.82, 2.24) is 4.90 Å². The number of fused-ring (bicyclic) bond motifs is 1. The van der Waals surface area contributed by atoms with Crippen molar-refractivity contribution in [3.05, 3.63) is 65.5 Å². The number of amides is 2. The van der Waals surface area contributed by atoms with E-state index in [0.717, 1.165) is 17.0 Å². The molecule has 0 aliphatic carbocycles. The molecule has 0 saturated carbocycles. The molecule has 0 N–H and O–H groups in total. The number of carbonyl (C=O) groups excluding carboxylic acids is 3. The van der Waals surface area contributed by atoms with Gasteiger partial charge in [-0.25, -0.2) is 4.39 Å². The van der Waals surface area contributed by atoms with Crippen molar-refractivity contribution in [2.24, 2.45) is 0 Å². The molecule has 0 spiro atoms. The minimum atomic E-state index is -0.825. The van der Waals surface area contributed by atoms with Gasteiger partial charge in [0.05, 0.1) is 12.1 Å². The Labute approximate surface area is 150 Å². The van der Waals surface area contributed by atoms with E-state index in [9.17, 15) is 18.8 Å². The Morgan fingerprint density at radius 1 is 1.12 bits per heavy atom. The summed E-state index contributed by atoms with van der Waals surface area (Å²) in [5.74, 6) is -1.68. The lowest BCUT2D eigenvalue weighted by Crippen LogP contribution is -2.45. The number of carbonyl (C=O) groups is 3. The first-order valence-electron chi connectivity index (χ1n) is 8.41. The molecular formula is C20H18FNO4. The molecule has 1 aliphatic heterocycles. The monoisotopic (exact) mass is 355 g/mol. The van der Waals surface area contributed by atoms with Crippen LogP contribution in [0.5, 0.6) is 5.75 Å². The van der Waals surface area contributed by atoms with Crippen LogP contribution in [0.3, 0.4) is 0 Å². The van der Waals surface area contributed by atoms with E-state index in [1.165, 1.54) is 12.1 Å². The molecule has 26 heavy (non-hydrogen) atoms. The van der Waals surface area contributed by atoms with Gasteiger partial charge in [-0.05, 0) is 42.8 Å². The van der Waals surface area contributed by atoms with E-state index in [1.54, 1.807) is 24.3 Å². The summed E-state index contributed by atoms with van der Waals surface area (Å²) in [5.41, 5.74) is 0.476. The molecule has 0 radical (unpaired) electrons. The topological polar surface area (TPSA) is 63.7 Å². The van der Waals surface area contributed by atoms with Crippen molar-refractivity contribution in [2.75, 3.05) is 6.54 Å². The number of imide groups is 1. The molecule has 0 aromatic heterocycles. The summed E-state index contributed by atoms with van der Waals surface area (Å²) >= 11 is 0. The van der Waals surface area contributed by atoms with E-state index >= 15 is 0 Å². The third-order valence-corrected chi connectivity index (χ3v) is 4.19. The molecule has 2 amide bonds. The number of ketones is 1. The summed E-state index contributed by atoms with van der Waals surface area (Å²) in [6.07, 6.45) is 0.294. The molecule has 1 aliphatic rings. The number of halogens is 1. The Hall–Kier alpha value is -3.02. The van der Waals surface area contributed by atoms with Crippen molar-refractivity contribution >= 4 is 17.6 Å². The highest BCUT2D eigenvalue weighted by Gasteiger charge is 2.36. The van der Waals surface area contributed by atoms with Gasteiger partial charge in [0, 0.05) is 5.56 Å². The average Bonchev–Trinajstić information content (AvgIpc) is 2.74. The largest absolute Gasteiger partial charge is 0.480 e. The van der Waals surface area contributed by atoms with Crippen molar-refractivity contribution < 1.29 is 23.5 Å². The Kier molecular flexibility index (Phi) is 5.11. The quantitative estimate of drug-likeness (QED) is 0.610. The highest BCUT2D eigenvalue weighted by molar-refractivity contribution is 6.12. The normalized spacial score (nSPS) is 16.7. The van der Waals surface area contributed by atoms with E-state index in [4.69, 9.17) is 4.74 Å². The smallest absolute Gasteiger partial charge is 0.270 e. The third-order valence-electron chi connectivity index (χ3n) is 4.19. The van der Waals surface area contributed by atoms with Gasteiger partial charge in [-0.1, -0.05) is 25.5 Å². The van der Waals surface area contributed by atoms with Gasteiger partial charge in [-0.2, -0.15) is 0 Å². The number of nitrogens with zero attached hydrogens (tertiary/aromatic N) is 1. The van der Waals surface area contributed by atoms with Gasteiger partial charge in [0.1, 0.15) is 11.6 Å². The first-order valence-corrected chi connectivity index (χ1v) is 8.41. The van der Waals surface area contributed by atoms with Crippen molar-refractivity contribution in [3.8, 4) is 5.75 Å². The van der Waals surface area contributed by atoms with Crippen LogP contribution in [0.2, 0.25) is 0 Å². The minimum absolute atomic E-state index is 0.234. The van der Waals surface area contributed by atoms with E-state index in [2.05, 4.69) is 0 Å². The van der Waals surface area contributed by atoms with E-state index < -0.39 is 36.1 Å². The second-order valence-electron chi connectivity index (χ2n) is 6.05. The number of rotatable bonds is 5. The molecule has 0 bridgehead atoms. The van der Waals surface area contributed by atoms with Gasteiger partial charge in [0.15, 0.2) is 11.9 Å². The number of ether oxygens (including phenoxy) is 1. The molecule has 1 atom stereocenters. The summed E-state index contributed by atoms with van der Waals surface area (Å²) in [5, 5.41) is 0. The first-order chi connectivity index (χ1) is 12.5. The van der Waals surface area contributed by atoms with Crippen LogP contribution in [-0.2, 0) is 4.79 Å². The summed E-state index contributed by atoms with van der Waals surface area (Å²) in [7, 11) is 0. The summed E-state index contributed by atoms with van der Waals surface area (Å²) in [6, 6.07) is 11.6. The Morgan fingerprint density at radius 2 is 1.81 bits per heavy atom. The molecule has 2 aromatic carbocycles. The Bertz CT molecular complexity index is 847. The van der Waals surface area contributed by atoms with Gasteiger partial charge < -0.3 is 4.74 Å². The minimum Gasteiger partial charge on any atom is -0.480 e. The molecule has 3 rings (SSSR count). The Morgan fingerprint density at radius 3 is 2.50 bits per heavy atom. The summed E-state index contributed by atoms with van der Waals surface area (Å²) in [6.45, 7) is 1.49. The van der Waals surface area contributed by atoms with Gasteiger partial charge in [0.2, 0.25) is 0 Å². The van der Waals surface area contributed by atoms with Crippen LogP contribution in [0, 0.1) is 5.82 Å². The van der Waals surface area contributed by atoms with Crippen LogP contribution in [0.4, 0.5) is 4.39 Å². The van der Waals surface area contributed by atoms with Crippen LogP contribution in [0.25, 0.3) is 0 Å². The molecule has 0 saturated heterocycles. The zero-order chi connectivity index (χ0) is 18.7. The van der Waals surface area contributed by atoms with Crippen LogP contribution in [0.15, 0.2) is 48.5 Å². The third kappa shape index (κ3) is 3.49. The average molecular weight is 355 g/mol. The fourth-order valence-electron chi connectivity index (χ4n) is 2.83. The highest BCUT2D eigenvalue weighted by Crippen LogP contribution is 2.27. The van der Waals surface area contributed by atoms with E-state index in [0.29, 0.717) is 18.6 Å². The van der Waals surface area contributed by atoms with Crippen LogP contribution in [-0.4, -0.2) is 35.1 Å². The summed E-state index contributed by atoms with van der Waals surface area (Å²) in [4.78, 5) is 39.1. The maximum atomic E-state index is 13.0.